The Morgan fingerprint density at radius 3 is 2.89 bits per heavy atom. The fourth-order valence-electron chi connectivity index (χ4n) is 3.66. The molecule has 8 nitrogen and oxygen atoms in total. The summed E-state index contributed by atoms with van der Waals surface area (Å²) in [6, 6.07) is 8.80. The number of anilines is 1. The van der Waals surface area contributed by atoms with Gasteiger partial charge in [0.1, 0.15) is 0 Å². The van der Waals surface area contributed by atoms with E-state index in [0.717, 1.165) is 19.4 Å². The summed E-state index contributed by atoms with van der Waals surface area (Å²) < 4.78 is 12.6. The number of urea groups is 1. The standard InChI is InChI=1S/C19H22N4O4/c1-22-8-2-4-14(22)15-5-3-9-23(15)11-18(24)21-19(25)20-13-6-7-16-17(10-13)27-12-26-16/h2,4,6-8,10,15H,3,5,9,11-12H2,1H3,(H2,20,21,24,25)/t15-/m1/s1. The number of nitrogens with zero attached hydrogens (tertiary/aromatic N) is 2. The monoisotopic (exact) mass is 370 g/mol. The summed E-state index contributed by atoms with van der Waals surface area (Å²) in [5, 5.41) is 5.04. The minimum atomic E-state index is -0.562. The van der Waals surface area contributed by atoms with Crippen molar-refractivity contribution >= 4 is 17.6 Å². The van der Waals surface area contributed by atoms with Gasteiger partial charge in [-0.25, -0.2) is 4.79 Å². The topological polar surface area (TPSA) is 84.8 Å². The van der Waals surface area contributed by atoms with Crippen molar-refractivity contribution in [3.63, 3.8) is 0 Å². The van der Waals surface area contributed by atoms with Crippen molar-refractivity contribution in [2.75, 3.05) is 25.2 Å². The van der Waals surface area contributed by atoms with Crippen LogP contribution in [0.1, 0.15) is 24.6 Å². The number of benzene rings is 1. The molecule has 0 saturated carbocycles. The van der Waals surface area contributed by atoms with E-state index in [-0.39, 0.29) is 25.3 Å². The number of ether oxygens (including phenoxy) is 2. The fraction of sp³-hybridized carbons (Fsp3) is 0.368. The van der Waals surface area contributed by atoms with E-state index in [2.05, 4.69) is 26.2 Å². The largest absolute Gasteiger partial charge is 0.454 e. The Labute approximate surface area is 157 Å². The molecular formula is C19H22N4O4. The van der Waals surface area contributed by atoms with E-state index in [4.69, 9.17) is 9.47 Å². The van der Waals surface area contributed by atoms with E-state index in [1.54, 1.807) is 18.2 Å². The first kappa shape index (κ1) is 17.4. The highest BCUT2D eigenvalue weighted by Gasteiger charge is 2.29. The molecule has 1 atom stereocenters. The first-order valence-corrected chi connectivity index (χ1v) is 8.96. The molecule has 4 rings (SSSR count). The molecule has 2 aliphatic rings. The molecule has 8 heteroatoms. The maximum atomic E-state index is 12.3. The Morgan fingerprint density at radius 1 is 1.22 bits per heavy atom. The second-order valence-corrected chi connectivity index (χ2v) is 6.74. The molecule has 1 aromatic heterocycles. The summed E-state index contributed by atoms with van der Waals surface area (Å²) in [7, 11) is 2.00. The number of aryl methyl sites for hydroxylation is 1. The number of likely N-dealkylation sites (tertiary alicyclic amines) is 1. The van der Waals surface area contributed by atoms with Crippen molar-refractivity contribution in [2.24, 2.45) is 7.05 Å². The number of amides is 3. The summed E-state index contributed by atoms with van der Waals surface area (Å²) in [6.07, 6.45) is 4.05. The van der Waals surface area contributed by atoms with Crippen molar-refractivity contribution < 1.29 is 19.1 Å². The lowest BCUT2D eigenvalue weighted by Gasteiger charge is -2.24. The van der Waals surface area contributed by atoms with E-state index in [9.17, 15) is 9.59 Å². The van der Waals surface area contributed by atoms with E-state index in [1.165, 1.54) is 5.69 Å². The summed E-state index contributed by atoms with van der Waals surface area (Å²) in [5.41, 5.74) is 1.72. The maximum Gasteiger partial charge on any atom is 0.325 e. The quantitative estimate of drug-likeness (QED) is 0.862. The average molecular weight is 370 g/mol. The molecule has 3 amide bonds. The highest BCUT2D eigenvalue weighted by atomic mass is 16.7. The zero-order valence-electron chi connectivity index (χ0n) is 15.1. The number of aromatic nitrogens is 1. The van der Waals surface area contributed by atoms with E-state index in [1.807, 2.05) is 19.3 Å². The Bertz CT molecular complexity index is 863. The Morgan fingerprint density at radius 2 is 2.07 bits per heavy atom. The molecule has 1 saturated heterocycles. The average Bonchev–Trinajstić information content (AvgIpc) is 3.35. The van der Waals surface area contributed by atoms with Crippen LogP contribution in [0, 0.1) is 0 Å². The lowest BCUT2D eigenvalue weighted by molar-refractivity contribution is -0.121. The van der Waals surface area contributed by atoms with E-state index < -0.39 is 6.03 Å². The van der Waals surface area contributed by atoms with Crippen LogP contribution in [0.3, 0.4) is 0 Å². The number of hydrogen-bond acceptors (Lipinski definition) is 5. The van der Waals surface area contributed by atoms with Crippen LogP contribution in [-0.4, -0.2) is 41.3 Å². The van der Waals surface area contributed by atoms with Gasteiger partial charge in [-0.3, -0.25) is 15.0 Å². The van der Waals surface area contributed by atoms with Gasteiger partial charge in [0.25, 0.3) is 0 Å². The molecule has 0 radical (unpaired) electrons. The van der Waals surface area contributed by atoms with Gasteiger partial charge in [-0.2, -0.15) is 0 Å². The zero-order valence-corrected chi connectivity index (χ0v) is 15.1. The van der Waals surface area contributed by atoms with Crippen LogP contribution in [0.25, 0.3) is 0 Å². The van der Waals surface area contributed by atoms with Crippen LogP contribution in [-0.2, 0) is 11.8 Å². The predicted octanol–water partition coefficient (Wildman–Crippen LogP) is 2.24. The van der Waals surface area contributed by atoms with Crippen LogP contribution < -0.4 is 20.1 Å². The first-order valence-electron chi connectivity index (χ1n) is 8.96. The molecule has 2 aliphatic heterocycles. The van der Waals surface area contributed by atoms with Crippen LogP contribution in [0.5, 0.6) is 11.5 Å². The maximum absolute atomic E-state index is 12.3. The smallest absolute Gasteiger partial charge is 0.325 e. The third-order valence-electron chi connectivity index (χ3n) is 4.92. The molecule has 2 N–H and O–H groups in total. The van der Waals surface area contributed by atoms with Gasteiger partial charge in [-0.15, -0.1) is 0 Å². The molecule has 2 aromatic rings. The van der Waals surface area contributed by atoms with Crippen molar-refractivity contribution in [1.82, 2.24) is 14.8 Å². The lowest BCUT2D eigenvalue weighted by Crippen LogP contribution is -2.41. The van der Waals surface area contributed by atoms with E-state index >= 15 is 0 Å². The normalized spacial score (nSPS) is 18.5. The van der Waals surface area contributed by atoms with Gasteiger partial charge in [-0.1, -0.05) is 0 Å². The van der Waals surface area contributed by atoms with Crippen LogP contribution in [0.15, 0.2) is 36.5 Å². The lowest BCUT2D eigenvalue weighted by atomic mass is 10.1. The Balaban J connectivity index is 1.32. The molecule has 1 fully saturated rings. The minimum Gasteiger partial charge on any atom is -0.454 e. The molecule has 0 unspecified atom stereocenters. The van der Waals surface area contributed by atoms with Crippen LogP contribution in [0.2, 0.25) is 0 Å². The summed E-state index contributed by atoms with van der Waals surface area (Å²) in [6.45, 7) is 1.19. The number of carbonyl (C=O) groups excluding carboxylic acids is 2. The van der Waals surface area contributed by atoms with Gasteiger partial charge in [-0.05, 0) is 43.7 Å². The van der Waals surface area contributed by atoms with Gasteiger partial charge < -0.3 is 19.4 Å². The SMILES string of the molecule is Cn1cccc1[C@H]1CCCN1CC(=O)NC(=O)Nc1ccc2c(c1)OCO2. The van der Waals surface area contributed by atoms with Crippen LogP contribution in [0.4, 0.5) is 10.5 Å². The first-order chi connectivity index (χ1) is 13.1. The van der Waals surface area contributed by atoms with Crippen molar-refractivity contribution in [3.05, 3.63) is 42.2 Å². The number of fused-ring (bicyclic) bond motifs is 1. The highest BCUT2D eigenvalue weighted by Crippen LogP contribution is 2.34. The predicted molar refractivity (Wildman–Crippen MR) is 98.7 cm³/mol. The molecule has 0 aliphatic carbocycles. The third kappa shape index (κ3) is 3.75. The molecule has 3 heterocycles. The number of imide groups is 1. The third-order valence-corrected chi connectivity index (χ3v) is 4.92. The zero-order chi connectivity index (χ0) is 18.8. The highest BCUT2D eigenvalue weighted by molar-refractivity contribution is 6.01. The molecule has 27 heavy (non-hydrogen) atoms. The molecular weight excluding hydrogens is 348 g/mol. The molecule has 142 valence electrons. The molecule has 0 bridgehead atoms. The number of hydrogen-bond donors (Lipinski definition) is 2. The number of carbonyl (C=O) groups is 2. The minimum absolute atomic E-state index is 0.168. The van der Waals surface area contributed by atoms with Gasteiger partial charge in [0, 0.05) is 30.7 Å². The summed E-state index contributed by atoms with van der Waals surface area (Å²) >= 11 is 0. The van der Waals surface area contributed by atoms with Gasteiger partial charge >= 0.3 is 6.03 Å². The van der Waals surface area contributed by atoms with Crippen molar-refractivity contribution in [2.45, 2.75) is 18.9 Å². The van der Waals surface area contributed by atoms with Crippen molar-refractivity contribution in [1.29, 1.82) is 0 Å². The second kappa shape index (κ2) is 7.32. The van der Waals surface area contributed by atoms with Crippen molar-refractivity contribution in [3.8, 4) is 11.5 Å². The van der Waals surface area contributed by atoms with Gasteiger partial charge in [0.05, 0.1) is 12.6 Å². The van der Waals surface area contributed by atoms with E-state index in [0.29, 0.717) is 17.2 Å². The Hall–Kier alpha value is -3.00. The second-order valence-electron chi connectivity index (χ2n) is 6.74. The number of nitrogens with one attached hydrogen (secondary N) is 2. The fourth-order valence-corrected chi connectivity index (χ4v) is 3.66. The van der Waals surface area contributed by atoms with Gasteiger partial charge in [0.2, 0.25) is 12.7 Å². The molecule has 0 spiro atoms. The van der Waals surface area contributed by atoms with Gasteiger partial charge in [0.15, 0.2) is 11.5 Å². The van der Waals surface area contributed by atoms with Crippen LogP contribution >= 0.6 is 0 Å². The Kier molecular flexibility index (Phi) is 4.72. The summed E-state index contributed by atoms with van der Waals surface area (Å²) in [5.74, 6) is 0.883. The molecule has 1 aromatic carbocycles. The number of rotatable bonds is 4. The summed E-state index contributed by atoms with van der Waals surface area (Å²) in [4.78, 5) is 26.6.